The minimum absolute atomic E-state index is 0.0482. The molecule has 0 radical (unpaired) electrons. The third-order valence-electron chi connectivity index (χ3n) is 3.95. The monoisotopic (exact) mass is 276 g/mol. The molecule has 2 rings (SSSR count). The Balaban J connectivity index is 1.65. The highest BCUT2D eigenvalue weighted by Crippen LogP contribution is 2.27. The van der Waals surface area contributed by atoms with Gasteiger partial charge in [-0.2, -0.15) is 0 Å². The number of amides is 1. The molecule has 0 aromatic heterocycles. The van der Waals surface area contributed by atoms with E-state index in [1.807, 2.05) is 6.07 Å². The number of carbonyl (C=O) groups is 1. The Morgan fingerprint density at radius 2 is 2.10 bits per heavy atom. The van der Waals surface area contributed by atoms with E-state index in [1.165, 1.54) is 25.7 Å². The molecule has 1 saturated carbocycles. The number of hydrogen-bond donors (Lipinski definition) is 2. The Morgan fingerprint density at radius 3 is 2.80 bits per heavy atom. The molecule has 4 heteroatoms. The van der Waals surface area contributed by atoms with Crippen LogP contribution in [0, 0.1) is 11.8 Å². The first kappa shape index (κ1) is 14.7. The van der Waals surface area contributed by atoms with Crippen LogP contribution in [0.5, 0.6) is 5.75 Å². The number of carbonyl (C=O) groups excluding carboxylic acids is 1. The Labute approximate surface area is 120 Å². The number of rotatable bonds is 5. The molecule has 0 spiro atoms. The van der Waals surface area contributed by atoms with Gasteiger partial charge in [0.15, 0.2) is 6.61 Å². The van der Waals surface area contributed by atoms with Crippen molar-refractivity contribution < 1.29 is 9.53 Å². The van der Waals surface area contributed by atoms with E-state index in [2.05, 4.69) is 12.2 Å². The maximum absolute atomic E-state index is 11.7. The molecular formula is C16H24N2O2. The molecule has 0 atom stereocenters. The van der Waals surface area contributed by atoms with Gasteiger partial charge in [-0.3, -0.25) is 4.79 Å². The molecule has 0 saturated heterocycles. The van der Waals surface area contributed by atoms with Crippen molar-refractivity contribution in [3.8, 4) is 5.75 Å². The molecule has 1 aliphatic carbocycles. The van der Waals surface area contributed by atoms with Crippen LogP contribution in [0.15, 0.2) is 24.3 Å². The van der Waals surface area contributed by atoms with Gasteiger partial charge in [-0.05, 0) is 36.8 Å². The van der Waals surface area contributed by atoms with Gasteiger partial charge in [-0.15, -0.1) is 0 Å². The van der Waals surface area contributed by atoms with Crippen LogP contribution in [-0.2, 0) is 4.79 Å². The largest absolute Gasteiger partial charge is 0.484 e. The fraction of sp³-hybridized carbons (Fsp3) is 0.562. The average molecular weight is 276 g/mol. The number of nitrogen functional groups attached to an aromatic ring is 1. The second-order valence-corrected chi connectivity index (χ2v) is 5.79. The quantitative estimate of drug-likeness (QED) is 0.812. The first-order valence-electron chi connectivity index (χ1n) is 7.38. The highest BCUT2D eigenvalue weighted by Gasteiger charge is 2.18. The van der Waals surface area contributed by atoms with E-state index in [-0.39, 0.29) is 12.5 Å². The number of benzene rings is 1. The van der Waals surface area contributed by atoms with E-state index in [4.69, 9.17) is 10.5 Å². The number of hydrogen-bond acceptors (Lipinski definition) is 3. The molecule has 0 aliphatic heterocycles. The third-order valence-corrected chi connectivity index (χ3v) is 3.95. The lowest BCUT2D eigenvalue weighted by Crippen LogP contribution is -2.34. The van der Waals surface area contributed by atoms with Crippen LogP contribution in [0.3, 0.4) is 0 Å². The Morgan fingerprint density at radius 1 is 1.35 bits per heavy atom. The second-order valence-electron chi connectivity index (χ2n) is 5.79. The number of anilines is 1. The minimum Gasteiger partial charge on any atom is -0.484 e. The van der Waals surface area contributed by atoms with E-state index in [0.717, 1.165) is 12.5 Å². The second kappa shape index (κ2) is 7.17. The summed E-state index contributed by atoms with van der Waals surface area (Å²) in [6.45, 7) is 3.12. The smallest absolute Gasteiger partial charge is 0.257 e. The average Bonchev–Trinajstić information content (AvgIpc) is 2.45. The van der Waals surface area contributed by atoms with E-state index < -0.39 is 0 Å². The van der Waals surface area contributed by atoms with Crippen molar-refractivity contribution in [2.75, 3.05) is 18.9 Å². The summed E-state index contributed by atoms with van der Waals surface area (Å²) in [5, 5.41) is 2.96. The summed E-state index contributed by atoms with van der Waals surface area (Å²) in [6, 6.07) is 7.12. The van der Waals surface area contributed by atoms with E-state index in [0.29, 0.717) is 17.4 Å². The molecular weight excluding hydrogens is 252 g/mol. The SMILES string of the molecule is CC1CCC(CNC(=O)COc2cccc(N)c2)CC1. The van der Waals surface area contributed by atoms with Crippen LogP contribution >= 0.6 is 0 Å². The highest BCUT2D eigenvalue weighted by molar-refractivity contribution is 5.77. The van der Waals surface area contributed by atoms with Gasteiger partial charge in [0.2, 0.25) is 0 Å². The number of nitrogens with two attached hydrogens (primary N) is 1. The van der Waals surface area contributed by atoms with E-state index in [9.17, 15) is 4.79 Å². The molecule has 1 fully saturated rings. The first-order chi connectivity index (χ1) is 9.63. The summed E-state index contributed by atoms with van der Waals surface area (Å²) < 4.78 is 5.41. The van der Waals surface area contributed by atoms with Gasteiger partial charge in [0.05, 0.1) is 0 Å². The summed E-state index contributed by atoms with van der Waals surface area (Å²) in [6.07, 6.45) is 5.00. The Kier molecular flexibility index (Phi) is 5.27. The van der Waals surface area contributed by atoms with Gasteiger partial charge in [-0.25, -0.2) is 0 Å². The van der Waals surface area contributed by atoms with Gasteiger partial charge in [-0.1, -0.05) is 25.8 Å². The number of nitrogens with one attached hydrogen (secondary N) is 1. The van der Waals surface area contributed by atoms with Crippen LogP contribution in [0.1, 0.15) is 32.6 Å². The third kappa shape index (κ3) is 4.76. The van der Waals surface area contributed by atoms with Crippen molar-refractivity contribution in [1.29, 1.82) is 0 Å². The van der Waals surface area contributed by atoms with E-state index in [1.54, 1.807) is 18.2 Å². The molecule has 3 N–H and O–H groups in total. The van der Waals surface area contributed by atoms with Crippen molar-refractivity contribution in [3.05, 3.63) is 24.3 Å². The van der Waals surface area contributed by atoms with Crippen molar-refractivity contribution in [2.45, 2.75) is 32.6 Å². The fourth-order valence-corrected chi connectivity index (χ4v) is 2.60. The summed E-state index contributed by atoms with van der Waals surface area (Å²) in [7, 11) is 0. The molecule has 110 valence electrons. The van der Waals surface area contributed by atoms with Crippen LogP contribution in [0.25, 0.3) is 0 Å². The molecule has 4 nitrogen and oxygen atoms in total. The standard InChI is InChI=1S/C16H24N2O2/c1-12-5-7-13(8-6-12)10-18-16(19)11-20-15-4-2-3-14(17)9-15/h2-4,9,12-13H,5-8,10-11,17H2,1H3,(H,18,19). The lowest BCUT2D eigenvalue weighted by molar-refractivity contribution is -0.123. The summed E-state index contributed by atoms with van der Waals surface area (Å²) >= 11 is 0. The Hall–Kier alpha value is -1.71. The zero-order chi connectivity index (χ0) is 14.4. The predicted molar refractivity (Wildman–Crippen MR) is 80.5 cm³/mol. The highest BCUT2D eigenvalue weighted by atomic mass is 16.5. The van der Waals surface area contributed by atoms with Crippen LogP contribution in [0.4, 0.5) is 5.69 Å². The Bertz CT molecular complexity index is 440. The van der Waals surface area contributed by atoms with E-state index >= 15 is 0 Å². The normalized spacial score (nSPS) is 22.2. The van der Waals surface area contributed by atoms with Crippen molar-refractivity contribution >= 4 is 11.6 Å². The molecule has 0 bridgehead atoms. The van der Waals surface area contributed by atoms with Gasteiger partial charge >= 0.3 is 0 Å². The lowest BCUT2D eigenvalue weighted by Gasteiger charge is -2.26. The van der Waals surface area contributed by atoms with Gasteiger partial charge in [0, 0.05) is 18.3 Å². The van der Waals surface area contributed by atoms with Crippen LogP contribution in [-0.4, -0.2) is 19.1 Å². The summed E-state index contributed by atoms with van der Waals surface area (Å²) in [5.41, 5.74) is 6.29. The summed E-state index contributed by atoms with van der Waals surface area (Å²) in [5.74, 6) is 2.04. The molecule has 1 aromatic carbocycles. The maximum atomic E-state index is 11.7. The van der Waals surface area contributed by atoms with Gasteiger partial charge in [0.1, 0.15) is 5.75 Å². The van der Waals surface area contributed by atoms with Gasteiger partial charge < -0.3 is 15.8 Å². The minimum atomic E-state index is -0.0638. The molecule has 1 aromatic rings. The van der Waals surface area contributed by atoms with Crippen molar-refractivity contribution in [2.24, 2.45) is 11.8 Å². The maximum Gasteiger partial charge on any atom is 0.257 e. The van der Waals surface area contributed by atoms with Crippen LogP contribution in [0.2, 0.25) is 0 Å². The molecule has 1 aliphatic rings. The first-order valence-corrected chi connectivity index (χ1v) is 7.38. The molecule has 0 heterocycles. The van der Waals surface area contributed by atoms with Crippen molar-refractivity contribution in [3.63, 3.8) is 0 Å². The zero-order valence-electron chi connectivity index (χ0n) is 12.1. The number of ether oxygens (including phenoxy) is 1. The zero-order valence-corrected chi connectivity index (χ0v) is 12.1. The fourth-order valence-electron chi connectivity index (χ4n) is 2.60. The molecule has 1 amide bonds. The lowest BCUT2D eigenvalue weighted by atomic mass is 9.83. The topological polar surface area (TPSA) is 64.3 Å². The van der Waals surface area contributed by atoms with Crippen LogP contribution < -0.4 is 15.8 Å². The van der Waals surface area contributed by atoms with Crippen molar-refractivity contribution in [1.82, 2.24) is 5.32 Å². The molecule has 20 heavy (non-hydrogen) atoms. The summed E-state index contributed by atoms with van der Waals surface area (Å²) in [4.78, 5) is 11.7. The van der Waals surface area contributed by atoms with Gasteiger partial charge in [0.25, 0.3) is 5.91 Å². The predicted octanol–water partition coefficient (Wildman–Crippen LogP) is 2.59. The molecule has 0 unspecified atom stereocenters.